The number of hydrogen-bond acceptors (Lipinski definition) is 6. The number of alkyl carbamates (subject to hydrolysis) is 1. The number of pyridine rings is 1. The number of dihydropyridines is 1. The predicted octanol–water partition coefficient (Wildman–Crippen LogP) is 4.38. The standard InChI is InChI=1S/C28H41N5O4/c1-18-12-13-23(30-15-14-21-10-8-7-9-11-21)26(35)33(18)24-22(16-29-17-34)19(2)20(3)31-25(24)32-27(36)37-28(4,5)6/h12-13,17,20-21,30H,2,7-11,14-16H2,1,3-6H3,(H,29,34)(H,31,32,36). The molecule has 1 atom stereocenters. The molecule has 0 aromatic carbocycles. The number of carbonyl (C=O) groups excluding carboxylic acids is 2. The van der Waals surface area contributed by atoms with E-state index in [1.807, 2.05) is 19.9 Å². The van der Waals surface area contributed by atoms with Crippen molar-refractivity contribution < 1.29 is 14.3 Å². The normalized spacial score (nSPS) is 18.8. The Bertz CT molecular complexity index is 1140. The van der Waals surface area contributed by atoms with Crippen LogP contribution in [0.3, 0.4) is 0 Å². The monoisotopic (exact) mass is 511 g/mol. The molecule has 1 fully saturated rings. The van der Waals surface area contributed by atoms with E-state index in [-0.39, 0.29) is 24.0 Å². The Hall–Kier alpha value is -3.36. The molecule has 1 aliphatic heterocycles. The Labute approximate surface area is 219 Å². The molecule has 9 nitrogen and oxygen atoms in total. The summed E-state index contributed by atoms with van der Waals surface area (Å²) in [4.78, 5) is 42.3. The number of amides is 2. The first kappa shape index (κ1) is 28.2. The maximum atomic E-state index is 13.8. The predicted molar refractivity (Wildman–Crippen MR) is 148 cm³/mol. The smallest absolute Gasteiger partial charge is 0.413 e. The van der Waals surface area contributed by atoms with Crippen LogP contribution in [0.5, 0.6) is 0 Å². The lowest BCUT2D eigenvalue weighted by Gasteiger charge is -2.29. The molecule has 3 rings (SSSR count). The molecule has 1 saturated carbocycles. The highest BCUT2D eigenvalue weighted by molar-refractivity contribution is 6.23. The molecule has 2 heterocycles. The fraction of sp³-hybridized carbons (Fsp3) is 0.571. The molecule has 1 aromatic rings. The lowest BCUT2D eigenvalue weighted by atomic mass is 9.87. The maximum Gasteiger partial charge on any atom is 0.413 e. The van der Waals surface area contributed by atoms with E-state index in [1.165, 1.54) is 36.7 Å². The molecule has 1 aliphatic carbocycles. The molecule has 2 amide bonds. The van der Waals surface area contributed by atoms with E-state index in [0.717, 1.165) is 6.42 Å². The first-order valence-electron chi connectivity index (χ1n) is 13.2. The van der Waals surface area contributed by atoms with Gasteiger partial charge in [-0.2, -0.15) is 0 Å². The maximum absolute atomic E-state index is 13.8. The number of nitrogens with one attached hydrogen (secondary N) is 3. The van der Waals surface area contributed by atoms with Gasteiger partial charge in [0.25, 0.3) is 5.56 Å². The van der Waals surface area contributed by atoms with Crippen molar-refractivity contribution in [3.63, 3.8) is 0 Å². The third kappa shape index (κ3) is 7.33. The van der Waals surface area contributed by atoms with E-state index < -0.39 is 11.7 Å². The Morgan fingerprint density at radius 1 is 1.24 bits per heavy atom. The molecule has 0 bridgehead atoms. The van der Waals surface area contributed by atoms with Gasteiger partial charge in [-0.15, -0.1) is 0 Å². The average molecular weight is 512 g/mol. The van der Waals surface area contributed by atoms with Gasteiger partial charge in [0.1, 0.15) is 11.3 Å². The number of ether oxygens (including phenoxy) is 1. The highest BCUT2D eigenvalue weighted by atomic mass is 16.6. The molecule has 0 saturated heterocycles. The van der Waals surface area contributed by atoms with Crippen molar-refractivity contribution >= 4 is 29.7 Å². The van der Waals surface area contributed by atoms with E-state index in [2.05, 4.69) is 27.5 Å². The SMILES string of the molecule is C=C1C(CNC=O)=C(n2c(C)ccc(NCCC3CCCCC3)c2=O)C(NC(=O)OC(C)(C)C)=NC1C. The summed E-state index contributed by atoms with van der Waals surface area (Å²) in [6, 6.07) is 3.27. The van der Waals surface area contributed by atoms with Gasteiger partial charge in [-0.3, -0.25) is 24.5 Å². The van der Waals surface area contributed by atoms with Crippen LogP contribution < -0.4 is 21.5 Å². The minimum atomic E-state index is -0.713. The largest absolute Gasteiger partial charge is 0.444 e. The molecule has 0 spiro atoms. The minimum Gasteiger partial charge on any atom is -0.444 e. The van der Waals surface area contributed by atoms with Crippen LogP contribution in [0.25, 0.3) is 5.70 Å². The highest BCUT2D eigenvalue weighted by Gasteiger charge is 2.30. The van der Waals surface area contributed by atoms with Crippen LogP contribution in [0.4, 0.5) is 10.5 Å². The lowest BCUT2D eigenvalue weighted by Crippen LogP contribution is -2.43. The summed E-state index contributed by atoms with van der Waals surface area (Å²) in [5, 5.41) is 8.74. The fourth-order valence-electron chi connectivity index (χ4n) is 4.88. The summed E-state index contributed by atoms with van der Waals surface area (Å²) in [6.45, 7) is 14.0. The van der Waals surface area contributed by atoms with Gasteiger partial charge in [-0.05, 0) is 64.7 Å². The van der Waals surface area contributed by atoms with Gasteiger partial charge in [0.05, 0.1) is 11.7 Å². The molecular formula is C28H41N5O4. The van der Waals surface area contributed by atoms with Crippen molar-refractivity contribution in [2.75, 3.05) is 18.4 Å². The number of nitrogens with zero attached hydrogens (tertiary/aromatic N) is 2. The first-order chi connectivity index (χ1) is 17.5. The van der Waals surface area contributed by atoms with Crippen molar-refractivity contribution in [3.8, 4) is 0 Å². The molecule has 9 heteroatoms. The summed E-state index contributed by atoms with van der Waals surface area (Å²) >= 11 is 0. The van der Waals surface area contributed by atoms with E-state index in [9.17, 15) is 14.4 Å². The first-order valence-corrected chi connectivity index (χ1v) is 13.2. The number of aliphatic imine (C=N–C) groups is 1. The summed E-state index contributed by atoms with van der Waals surface area (Å²) in [5.74, 6) is 0.888. The molecule has 1 unspecified atom stereocenters. The van der Waals surface area contributed by atoms with Crippen LogP contribution in [0, 0.1) is 12.8 Å². The van der Waals surface area contributed by atoms with Crippen LogP contribution in [-0.4, -0.2) is 47.6 Å². The van der Waals surface area contributed by atoms with Crippen molar-refractivity contribution in [1.82, 2.24) is 15.2 Å². The van der Waals surface area contributed by atoms with Gasteiger partial charge in [0.2, 0.25) is 6.41 Å². The van der Waals surface area contributed by atoms with Gasteiger partial charge < -0.3 is 15.4 Å². The Kier molecular flexibility index (Phi) is 9.34. The van der Waals surface area contributed by atoms with Crippen LogP contribution in [0.15, 0.2) is 39.6 Å². The van der Waals surface area contributed by atoms with E-state index in [4.69, 9.17) is 4.74 Å². The summed E-state index contributed by atoms with van der Waals surface area (Å²) in [5.41, 5.74) is 1.80. The van der Waals surface area contributed by atoms with Crippen LogP contribution in [0.1, 0.15) is 71.9 Å². The van der Waals surface area contributed by atoms with E-state index >= 15 is 0 Å². The molecular weight excluding hydrogens is 470 g/mol. The number of aromatic nitrogens is 1. The number of rotatable bonds is 8. The molecule has 202 valence electrons. The highest BCUT2D eigenvalue weighted by Crippen LogP contribution is 2.29. The number of anilines is 1. The zero-order valence-electron chi connectivity index (χ0n) is 22.8. The van der Waals surface area contributed by atoms with Gasteiger partial charge >= 0.3 is 6.09 Å². The summed E-state index contributed by atoms with van der Waals surface area (Å²) in [7, 11) is 0. The Balaban J connectivity index is 2.00. The number of hydrogen-bond donors (Lipinski definition) is 3. The van der Waals surface area contributed by atoms with Crippen LogP contribution in [0.2, 0.25) is 0 Å². The lowest BCUT2D eigenvalue weighted by molar-refractivity contribution is -0.109. The Morgan fingerprint density at radius 2 is 1.95 bits per heavy atom. The number of carbonyl (C=O) groups is 2. The summed E-state index contributed by atoms with van der Waals surface area (Å²) in [6.07, 6.45) is 7.30. The zero-order chi connectivity index (χ0) is 27.2. The van der Waals surface area contributed by atoms with Gasteiger partial charge in [-0.1, -0.05) is 38.7 Å². The van der Waals surface area contributed by atoms with Gasteiger partial charge in [-0.25, -0.2) is 4.79 Å². The second-order valence-corrected chi connectivity index (χ2v) is 10.9. The molecule has 2 aliphatic rings. The van der Waals surface area contributed by atoms with Crippen molar-refractivity contribution in [2.45, 2.75) is 84.8 Å². The third-order valence-corrected chi connectivity index (χ3v) is 6.80. The zero-order valence-corrected chi connectivity index (χ0v) is 22.8. The number of aryl methyl sites for hydroxylation is 1. The van der Waals surface area contributed by atoms with Crippen molar-refractivity contribution in [1.29, 1.82) is 0 Å². The van der Waals surface area contributed by atoms with E-state index in [0.29, 0.717) is 47.1 Å². The Morgan fingerprint density at radius 3 is 2.59 bits per heavy atom. The second-order valence-electron chi connectivity index (χ2n) is 10.9. The quantitative estimate of drug-likeness (QED) is 0.448. The van der Waals surface area contributed by atoms with Crippen molar-refractivity contribution in [3.05, 3.63) is 45.9 Å². The minimum absolute atomic E-state index is 0.127. The molecule has 37 heavy (non-hydrogen) atoms. The van der Waals surface area contributed by atoms with Crippen LogP contribution in [-0.2, 0) is 9.53 Å². The second kappa shape index (κ2) is 12.3. The fourth-order valence-corrected chi connectivity index (χ4v) is 4.88. The van der Waals surface area contributed by atoms with E-state index in [1.54, 1.807) is 26.8 Å². The summed E-state index contributed by atoms with van der Waals surface area (Å²) < 4.78 is 6.98. The van der Waals surface area contributed by atoms with Crippen LogP contribution >= 0.6 is 0 Å². The van der Waals surface area contributed by atoms with Gasteiger partial charge in [0.15, 0.2) is 5.84 Å². The molecule has 3 N–H and O–H groups in total. The van der Waals surface area contributed by atoms with Crippen molar-refractivity contribution in [2.24, 2.45) is 10.9 Å². The topological polar surface area (TPSA) is 114 Å². The average Bonchev–Trinajstić information content (AvgIpc) is 2.82. The molecule has 0 radical (unpaired) electrons. The molecule has 1 aromatic heterocycles. The number of amidine groups is 1. The van der Waals surface area contributed by atoms with Gasteiger partial charge in [0, 0.05) is 24.4 Å². The third-order valence-electron chi connectivity index (χ3n) is 6.80.